The molecule has 8 heteroatoms. The fourth-order valence-corrected chi connectivity index (χ4v) is 78.0. The summed E-state index contributed by atoms with van der Waals surface area (Å²) in [4.78, 5) is 0. The first kappa shape index (κ1) is 44.0. The van der Waals surface area contributed by atoms with Gasteiger partial charge in [0.1, 0.15) is 0 Å². The van der Waals surface area contributed by atoms with Crippen LogP contribution in [-0.2, 0) is 4.28 Å². The van der Waals surface area contributed by atoms with Crippen molar-refractivity contribution < 1.29 is 0 Å². The van der Waals surface area contributed by atoms with E-state index in [4.69, 9.17) is 0 Å². The summed E-state index contributed by atoms with van der Waals surface area (Å²) in [5.74, 6) is 0. The third-order valence-corrected chi connectivity index (χ3v) is 59.7. The van der Waals surface area contributed by atoms with E-state index in [-0.39, 0.29) is 5.41 Å². The molecule has 0 spiro atoms. The van der Waals surface area contributed by atoms with Crippen LogP contribution in [0.1, 0.15) is 47.8 Å². The van der Waals surface area contributed by atoms with Crippen LogP contribution in [0.4, 0.5) is 0 Å². The molecule has 0 saturated carbocycles. The Morgan fingerprint density at radius 3 is 1.06 bits per heavy atom. The zero-order chi connectivity index (χ0) is 37.4. The van der Waals surface area contributed by atoms with Crippen molar-refractivity contribution in [2.45, 2.75) is 173 Å². The molecule has 1 aromatic carbocycles. The van der Waals surface area contributed by atoms with Gasteiger partial charge in [0.15, 0.2) is 0 Å². The summed E-state index contributed by atoms with van der Waals surface area (Å²) in [6.45, 7) is 65.1. The first-order valence-electron chi connectivity index (χ1n) is 18.7. The monoisotopic (exact) mass is 864 g/mol. The molecule has 0 N–H and O–H groups in total. The van der Waals surface area contributed by atoms with Crippen molar-refractivity contribution in [1.82, 2.24) is 0 Å². The molecule has 1 aliphatic heterocycles. The molecule has 0 unspecified atom stereocenters. The van der Waals surface area contributed by atoms with Crippen molar-refractivity contribution >= 4 is 82.9 Å². The van der Waals surface area contributed by atoms with Crippen molar-refractivity contribution in [3.8, 4) is 0 Å². The van der Waals surface area contributed by atoms with Crippen LogP contribution in [0.2, 0.25) is 137 Å². The molecule has 0 aliphatic carbocycles. The molecular weight excluding hydrogens is 784 g/mol. The second-order valence-electron chi connectivity index (χ2n) is 23.7. The molecule has 1 aliphatic rings. The van der Waals surface area contributed by atoms with Crippen LogP contribution in [0.3, 0.4) is 0 Å². The third kappa shape index (κ3) is 8.92. The van der Waals surface area contributed by atoms with Gasteiger partial charge >= 0.3 is 312 Å². The summed E-state index contributed by atoms with van der Waals surface area (Å²) in [5.41, 5.74) is 5.83. The fourth-order valence-electron chi connectivity index (χ4n) is 12.2. The molecule has 268 valence electrons. The van der Waals surface area contributed by atoms with Crippen LogP contribution in [-0.4, -0.2) is 79.3 Å². The Balaban J connectivity index is 3.73. The van der Waals surface area contributed by atoms with Gasteiger partial charge in [-0.2, -0.15) is 0 Å². The van der Waals surface area contributed by atoms with Gasteiger partial charge in [-0.1, -0.05) is 0 Å². The summed E-state index contributed by atoms with van der Waals surface area (Å²) in [6.07, 6.45) is 7.43. The Kier molecular flexibility index (Phi) is 12.8. The zero-order valence-corrected chi connectivity index (χ0v) is 46.0. The SMILES string of the molecule is CC(C)(C)[C]1=[Sn]([c]2c(C([Si](C)(C)C)[Si](C)(C)C)cc(C([Si](C)(C)C)([Si](C)(C)C)[Si](C)(C)C)cc2C([Si](C)(C)C)[Si](C)(C)C)[CH]=CC=C1. The average Bonchev–Trinajstić information content (AvgIpc) is 2.71. The molecule has 2 rings (SSSR count). The Morgan fingerprint density at radius 2 is 0.809 bits per heavy atom. The van der Waals surface area contributed by atoms with Crippen LogP contribution in [0, 0.1) is 5.41 Å². The van der Waals surface area contributed by atoms with Crippen molar-refractivity contribution in [3.05, 3.63) is 51.1 Å². The Hall–Kier alpha value is 0.887. The molecule has 0 radical (unpaired) electrons. The van der Waals surface area contributed by atoms with Gasteiger partial charge in [-0.15, -0.1) is 0 Å². The first-order chi connectivity index (χ1) is 20.4. The van der Waals surface area contributed by atoms with Crippen LogP contribution in [0.15, 0.2) is 34.5 Å². The van der Waals surface area contributed by atoms with Crippen LogP contribution >= 0.6 is 0 Å². The van der Waals surface area contributed by atoms with Gasteiger partial charge in [-0.05, 0) is 0 Å². The molecule has 1 aromatic rings. The summed E-state index contributed by atoms with van der Waals surface area (Å²) in [6, 6.07) is 6.03. The quantitative estimate of drug-likeness (QED) is 0.194. The average molecular weight is 864 g/mol. The first-order valence-corrected chi connectivity index (χ1v) is 48.0. The summed E-state index contributed by atoms with van der Waals surface area (Å²) < 4.78 is 6.96. The molecule has 0 amide bonds. The number of rotatable bonds is 11. The van der Waals surface area contributed by atoms with Gasteiger partial charge in [0.05, 0.1) is 0 Å². The minimum absolute atomic E-state index is 0.198. The van der Waals surface area contributed by atoms with Gasteiger partial charge in [0.25, 0.3) is 0 Å². The number of hydrogen-bond donors (Lipinski definition) is 0. The van der Waals surface area contributed by atoms with Crippen molar-refractivity contribution in [2.75, 3.05) is 0 Å². The second-order valence-corrected chi connectivity index (χ2v) is 69.6. The van der Waals surface area contributed by atoms with Crippen LogP contribution in [0.25, 0.3) is 0 Å². The van der Waals surface area contributed by atoms with E-state index in [0.29, 0.717) is 4.28 Å². The van der Waals surface area contributed by atoms with E-state index in [1.54, 1.807) is 3.52 Å². The summed E-state index contributed by atoms with van der Waals surface area (Å²) >= 11 is -2.46. The van der Waals surface area contributed by atoms with Gasteiger partial charge in [0, 0.05) is 0 Å². The zero-order valence-electron chi connectivity index (χ0n) is 36.1. The standard InChI is InChI=1S/C30H67Si7.C9H13.Sn/c1-31(2,3)28(32(4,5)6)25-22-26(29(33(7,8)9)34(10,11)12)24-27(23-25)30(35(13,14)15,36(16,17)18)37(19,20)21;1-5-6-7-8-9(2,3)4;/h23-24,28-29H,1-21H3;1,5-7H,2-4H3;. The Labute approximate surface area is 309 Å². The van der Waals surface area contributed by atoms with E-state index in [0.717, 1.165) is 10.3 Å². The minimum atomic E-state index is -2.46. The van der Waals surface area contributed by atoms with Gasteiger partial charge < -0.3 is 0 Å². The van der Waals surface area contributed by atoms with Crippen molar-refractivity contribution in [3.63, 3.8) is 0 Å². The fraction of sp³-hybridized carbons (Fsp3) is 0.718. The maximum atomic E-state index is 3.01. The predicted molar refractivity (Wildman–Crippen MR) is 245 cm³/mol. The van der Waals surface area contributed by atoms with Crippen LogP contribution in [0.5, 0.6) is 0 Å². The normalized spacial score (nSPS) is 16.6. The molecule has 47 heavy (non-hydrogen) atoms. The number of benzene rings is 1. The van der Waals surface area contributed by atoms with Gasteiger partial charge in [-0.25, -0.2) is 0 Å². The van der Waals surface area contributed by atoms with E-state index in [9.17, 15) is 0 Å². The Morgan fingerprint density at radius 1 is 0.489 bits per heavy atom. The summed E-state index contributed by atoms with van der Waals surface area (Å²) in [7, 11) is -11.5. The molecule has 0 fully saturated rings. The topological polar surface area (TPSA) is 0 Å². The third-order valence-electron chi connectivity index (χ3n) is 11.1. The maximum absolute atomic E-state index is 3.01. The Bertz CT molecular complexity index is 1280. The molecule has 0 saturated heterocycles. The predicted octanol–water partition coefficient (Wildman–Crippen LogP) is 12.4. The molecule has 1 heterocycles. The molecule has 0 atom stereocenters. The van der Waals surface area contributed by atoms with E-state index in [1.165, 1.54) is 0 Å². The molecule has 0 aromatic heterocycles. The second kappa shape index (κ2) is 13.7. The number of allylic oxidation sites excluding steroid dienone is 3. The number of hydrogen-bond acceptors (Lipinski definition) is 0. The molecule has 0 bridgehead atoms. The van der Waals surface area contributed by atoms with Gasteiger partial charge in [-0.3, -0.25) is 0 Å². The molecule has 0 nitrogen and oxygen atoms in total. The van der Waals surface area contributed by atoms with E-state index < -0.39 is 75.8 Å². The van der Waals surface area contributed by atoms with E-state index >= 15 is 0 Å². The molecular formula is C39H80Si7Sn. The summed E-state index contributed by atoms with van der Waals surface area (Å²) in [5, 5.41) is 1.51. The van der Waals surface area contributed by atoms with Crippen molar-refractivity contribution in [1.29, 1.82) is 0 Å². The van der Waals surface area contributed by atoms with Crippen LogP contribution < -0.4 is 3.58 Å². The van der Waals surface area contributed by atoms with E-state index in [2.05, 4.69) is 193 Å². The van der Waals surface area contributed by atoms with Crippen molar-refractivity contribution in [2.24, 2.45) is 5.41 Å². The van der Waals surface area contributed by atoms with Gasteiger partial charge in [0.2, 0.25) is 0 Å². The van der Waals surface area contributed by atoms with E-state index in [1.807, 2.05) is 20.3 Å².